The molecule has 2 nitrogen and oxygen atoms in total. The van der Waals surface area contributed by atoms with Gasteiger partial charge in [-0.2, -0.15) is 0 Å². The fraction of sp³-hybridized carbons (Fsp3) is 0.905. The molecule has 0 aromatic carbocycles. The van der Waals surface area contributed by atoms with Crippen LogP contribution in [0.25, 0.3) is 0 Å². The summed E-state index contributed by atoms with van der Waals surface area (Å²) in [5, 5.41) is 0. The Balaban J connectivity index is 2.20. The van der Waals surface area contributed by atoms with E-state index in [4.69, 9.17) is 4.74 Å². The van der Waals surface area contributed by atoms with Crippen molar-refractivity contribution in [1.82, 2.24) is 4.90 Å². The van der Waals surface area contributed by atoms with Gasteiger partial charge < -0.3 is 9.64 Å². The second-order valence-corrected chi connectivity index (χ2v) is 14.5. The highest BCUT2D eigenvalue weighted by Gasteiger charge is 2.38. The Bertz CT molecular complexity index is 688. The van der Waals surface area contributed by atoms with Gasteiger partial charge in [0.2, 0.25) is 0 Å². The number of unbranched alkanes of at least 4 members (excludes halogenated alkanes) is 21. The van der Waals surface area contributed by atoms with Crippen molar-refractivity contribution in [2.24, 2.45) is 0 Å². The average Bonchev–Trinajstić information content (AvgIpc) is 3.42. The molecule has 258 valence electrons. The molecule has 44 heavy (non-hydrogen) atoms. The van der Waals surface area contributed by atoms with Gasteiger partial charge in [-0.3, -0.25) is 0 Å². The molecule has 1 saturated heterocycles. The summed E-state index contributed by atoms with van der Waals surface area (Å²) in [5.74, 6) is 6.84. The molecule has 0 aromatic rings. The summed E-state index contributed by atoms with van der Waals surface area (Å²) in [6.07, 6.45) is 46.7. The Morgan fingerprint density at radius 3 is 1.55 bits per heavy atom. The van der Waals surface area contributed by atoms with Crippen LogP contribution in [-0.4, -0.2) is 37.2 Å². The van der Waals surface area contributed by atoms with E-state index in [1.54, 1.807) is 0 Å². The number of ether oxygens (including phenoxy) is 1. The molecule has 0 amide bonds. The van der Waals surface area contributed by atoms with Crippen molar-refractivity contribution < 1.29 is 4.74 Å². The summed E-state index contributed by atoms with van der Waals surface area (Å²) >= 11 is 0. The van der Waals surface area contributed by atoms with Crippen molar-refractivity contribution in [1.29, 1.82) is 0 Å². The molecule has 2 heteroatoms. The Kier molecular flexibility index (Phi) is 28.9. The fourth-order valence-electron chi connectivity index (χ4n) is 6.93. The quantitative estimate of drug-likeness (QED) is 0.0438. The van der Waals surface area contributed by atoms with E-state index >= 15 is 0 Å². The van der Waals surface area contributed by atoms with E-state index in [1.807, 2.05) is 0 Å². The maximum Gasteiger partial charge on any atom is 0.0687 e. The molecule has 1 rings (SSSR count). The SMILES string of the molecule is CCCCCCCC#CCCCCCCCC1(CCCCCCC/C=C\CCCCCCCC)CCC(CCCN(C)C)O1. The predicted octanol–water partition coefficient (Wildman–Crippen LogP) is 13.4. The lowest BCUT2D eigenvalue weighted by Gasteiger charge is -2.30. The summed E-state index contributed by atoms with van der Waals surface area (Å²) in [6.45, 7) is 5.76. The third-order valence-corrected chi connectivity index (χ3v) is 9.83. The Morgan fingerprint density at radius 1 is 0.591 bits per heavy atom. The molecule has 1 aliphatic heterocycles. The molecule has 1 aliphatic rings. The van der Waals surface area contributed by atoms with Crippen LogP contribution in [0.15, 0.2) is 12.2 Å². The van der Waals surface area contributed by atoms with Crippen LogP contribution in [0, 0.1) is 11.8 Å². The van der Waals surface area contributed by atoms with Gasteiger partial charge in [-0.1, -0.05) is 135 Å². The lowest BCUT2D eigenvalue weighted by atomic mass is 9.87. The number of hydrogen-bond donors (Lipinski definition) is 0. The maximum absolute atomic E-state index is 6.92. The second-order valence-electron chi connectivity index (χ2n) is 14.5. The Hall–Kier alpha value is -0.780. The highest BCUT2D eigenvalue weighted by atomic mass is 16.5. The van der Waals surface area contributed by atoms with Crippen molar-refractivity contribution >= 4 is 0 Å². The number of rotatable bonds is 31. The molecule has 0 spiro atoms. The molecule has 2 unspecified atom stereocenters. The minimum atomic E-state index is 0.185. The highest BCUT2D eigenvalue weighted by molar-refractivity contribution is 4.98. The number of allylic oxidation sites excluding steroid dienone is 2. The molecule has 0 saturated carbocycles. The van der Waals surface area contributed by atoms with Crippen LogP contribution >= 0.6 is 0 Å². The van der Waals surface area contributed by atoms with Crippen LogP contribution in [0.5, 0.6) is 0 Å². The molecule has 1 fully saturated rings. The van der Waals surface area contributed by atoms with Crippen molar-refractivity contribution in [3.63, 3.8) is 0 Å². The average molecular weight is 614 g/mol. The van der Waals surface area contributed by atoms with Gasteiger partial charge in [0.05, 0.1) is 11.7 Å². The molecule has 0 bridgehead atoms. The Labute approximate surface area is 278 Å². The first-order valence-electron chi connectivity index (χ1n) is 20.0. The van der Waals surface area contributed by atoms with Crippen LogP contribution in [0.4, 0.5) is 0 Å². The molecule has 0 N–H and O–H groups in total. The summed E-state index contributed by atoms with van der Waals surface area (Å²) in [4.78, 5) is 2.31. The Morgan fingerprint density at radius 2 is 1.05 bits per heavy atom. The normalized spacial score (nSPS) is 18.4. The lowest BCUT2D eigenvalue weighted by Crippen LogP contribution is -2.29. The maximum atomic E-state index is 6.92. The van der Waals surface area contributed by atoms with Crippen molar-refractivity contribution in [2.45, 2.75) is 225 Å². The summed E-state index contributed by atoms with van der Waals surface area (Å²) in [6, 6.07) is 0. The van der Waals surface area contributed by atoms with E-state index in [0.29, 0.717) is 6.10 Å². The van der Waals surface area contributed by atoms with E-state index in [9.17, 15) is 0 Å². The second kappa shape index (κ2) is 30.9. The van der Waals surface area contributed by atoms with E-state index in [0.717, 1.165) is 12.8 Å². The third-order valence-electron chi connectivity index (χ3n) is 9.83. The van der Waals surface area contributed by atoms with Gasteiger partial charge in [-0.25, -0.2) is 0 Å². The molecule has 0 aliphatic carbocycles. The van der Waals surface area contributed by atoms with Gasteiger partial charge in [0.1, 0.15) is 0 Å². The van der Waals surface area contributed by atoms with Gasteiger partial charge in [0, 0.05) is 12.8 Å². The zero-order valence-electron chi connectivity index (χ0n) is 30.7. The van der Waals surface area contributed by atoms with Crippen LogP contribution in [0.2, 0.25) is 0 Å². The molecule has 0 aromatic heterocycles. The van der Waals surface area contributed by atoms with Gasteiger partial charge in [0.15, 0.2) is 0 Å². The zero-order valence-corrected chi connectivity index (χ0v) is 30.7. The van der Waals surface area contributed by atoms with Crippen molar-refractivity contribution in [3.05, 3.63) is 12.2 Å². The van der Waals surface area contributed by atoms with Gasteiger partial charge >= 0.3 is 0 Å². The topological polar surface area (TPSA) is 12.5 Å². The first-order chi connectivity index (χ1) is 21.6. The van der Waals surface area contributed by atoms with Crippen LogP contribution in [0.3, 0.4) is 0 Å². The standard InChI is InChI=1S/C42H79NO/c1-5-7-9-11-13-15-17-19-21-23-25-27-29-31-33-38-42(39-36-41(44-42)35-34-40-43(3)4)37-32-30-28-26-24-22-20-18-16-14-12-10-8-6-2/h19,21,41H,5-17,22-40H2,1-4H3/b21-19-. The minimum absolute atomic E-state index is 0.185. The van der Waals surface area contributed by atoms with E-state index in [2.05, 4.69) is 56.8 Å². The summed E-state index contributed by atoms with van der Waals surface area (Å²) < 4.78 is 6.92. The van der Waals surface area contributed by atoms with E-state index in [1.165, 1.54) is 193 Å². The van der Waals surface area contributed by atoms with E-state index < -0.39 is 0 Å². The van der Waals surface area contributed by atoms with E-state index in [-0.39, 0.29) is 5.60 Å². The highest BCUT2D eigenvalue weighted by Crippen LogP contribution is 2.40. The van der Waals surface area contributed by atoms with Gasteiger partial charge in [-0.15, -0.1) is 11.8 Å². The first kappa shape index (κ1) is 41.2. The number of nitrogens with zero attached hydrogens (tertiary/aromatic N) is 1. The predicted molar refractivity (Wildman–Crippen MR) is 198 cm³/mol. The van der Waals surface area contributed by atoms with Gasteiger partial charge in [-0.05, 0) is 97.7 Å². The fourth-order valence-corrected chi connectivity index (χ4v) is 6.93. The third kappa shape index (κ3) is 25.4. The summed E-state index contributed by atoms with van der Waals surface area (Å²) in [7, 11) is 4.38. The molecule has 1 heterocycles. The zero-order chi connectivity index (χ0) is 31.8. The van der Waals surface area contributed by atoms with Crippen LogP contribution in [0.1, 0.15) is 213 Å². The number of hydrogen-bond acceptors (Lipinski definition) is 2. The molecular weight excluding hydrogens is 534 g/mol. The largest absolute Gasteiger partial charge is 0.372 e. The first-order valence-corrected chi connectivity index (χ1v) is 20.0. The monoisotopic (exact) mass is 614 g/mol. The minimum Gasteiger partial charge on any atom is -0.372 e. The van der Waals surface area contributed by atoms with Gasteiger partial charge in [0.25, 0.3) is 0 Å². The lowest BCUT2D eigenvalue weighted by molar-refractivity contribution is -0.0579. The molecular formula is C42H79NO. The van der Waals surface area contributed by atoms with Crippen LogP contribution in [-0.2, 0) is 4.74 Å². The van der Waals surface area contributed by atoms with Crippen molar-refractivity contribution in [2.75, 3.05) is 20.6 Å². The van der Waals surface area contributed by atoms with Crippen molar-refractivity contribution in [3.8, 4) is 11.8 Å². The smallest absolute Gasteiger partial charge is 0.0687 e. The molecule has 0 radical (unpaired) electrons. The van der Waals surface area contributed by atoms with Crippen LogP contribution < -0.4 is 0 Å². The molecule has 2 atom stereocenters. The summed E-state index contributed by atoms with van der Waals surface area (Å²) in [5.41, 5.74) is 0.185.